The Hall–Kier alpha value is -0.590. The zero-order chi connectivity index (χ0) is 11.3. The predicted molar refractivity (Wildman–Crippen MR) is 59.3 cm³/mol. The van der Waals surface area contributed by atoms with Crippen molar-refractivity contribution in [1.82, 2.24) is 14.3 Å². The van der Waals surface area contributed by atoms with E-state index in [1.807, 2.05) is 4.57 Å². The fraction of sp³-hybridized carbons (Fsp3) is 0.625. The number of nitrogens with one attached hydrogen (secondary N) is 1. The zero-order valence-electron chi connectivity index (χ0n) is 8.43. The molecule has 1 aromatic heterocycles. The topological polar surface area (TPSA) is 64.0 Å². The second-order valence-electron chi connectivity index (χ2n) is 3.29. The summed E-state index contributed by atoms with van der Waals surface area (Å²) in [6.45, 7) is 2.35. The third kappa shape index (κ3) is 4.63. The van der Waals surface area contributed by atoms with Gasteiger partial charge in [-0.2, -0.15) is 0 Å². The molecule has 0 saturated carbocycles. The summed E-state index contributed by atoms with van der Waals surface area (Å²) >= 11 is 5.38. The van der Waals surface area contributed by atoms with Crippen LogP contribution in [0.5, 0.6) is 0 Å². The normalized spacial score (nSPS) is 14.0. The van der Waals surface area contributed by atoms with Crippen LogP contribution in [0.25, 0.3) is 0 Å². The number of hydrogen-bond donors (Lipinski definition) is 1. The molecule has 5 nitrogen and oxygen atoms in total. The van der Waals surface area contributed by atoms with Crippen LogP contribution in [0.15, 0.2) is 18.7 Å². The summed E-state index contributed by atoms with van der Waals surface area (Å²) in [7, 11) is -3.25. The Morgan fingerprint density at radius 2 is 2.33 bits per heavy atom. The van der Waals surface area contributed by atoms with Crippen molar-refractivity contribution in [1.29, 1.82) is 0 Å². The van der Waals surface area contributed by atoms with E-state index in [9.17, 15) is 8.42 Å². The van der Waals surface area contributed by atoms with Crippen LogP contribution in [-0.2, 0) is 16.6 Å². The van der Waals surface area contributed by atoms with Gasteiger partial charge in [-0.05, 0) is 6.92 Å². The Morgan fingerprint density at radius 3 is 2.87 bits per heavy atom. The molecular formula is C8H14ClN3O2S. The third-order valence-electron chi connectivity index (χ3n) is 1.77. The van der Waals surface area contributed by atoms with Gasteiger partial charge in [0.15, 0.2) is 0 Å². The molecule has 0 saturated heterocycles. The highest BCUT2D eigenvalue weighted by Gasteiger charge is 2.13. The molecule has 0 aliphatic rings. The molecule has 86 valence electrons. The van der Waals surface area contributed by atoms with Crippen LogP contribution in [0.1, 0.15) is 6.92 Å². The van der Waals surface area contributed by atoms with Crippen LogP contribution >= 0.6 is 11.6 Å². The molecule has 1 N–H and O–H groups in total. The first-order chi connectivity index (χ1) is 7.03. The second kappa shape index (κ2) is 5.48. The number of aromatic nitrogens is 2. The van der Waals surface area contributed by atoms with Crippen molar-refractivity contribution in [2.75, 3.05) is 11.6 Å². The molecule has 0 amide bonds. The van der Waals surface area contributed by atoms with Gasteiger partial charge < -0.3 is 4.57 Å². The fourth-order valence-electron chi connectivity index (χ4n) is 1.22. The van der Waals surface area contributed by atoms with Crippen LogP contribution in [0.4, 0.5) is 0 Å². The minimum atomic E-state index is -3.25. The summed E-state index contributed by atoms with van der Waals surface area (Å²) < 4.78 is 27.0. The number of imidazole rings is 1. The number of sulfonamides is 1. The van der Waals surface area contributed by atoms with E-state index in [0.717, 1.165) is 0 Å². The average Bonchev–Trinajstić information content (AvgIpc) is 2.54. The lowest BCUT2D eigenvalue weighted by Gasteiger charge is -2.13. The van der Waals surface area contributed by atoms with E-state index in [1.165, 1.54) is 0 Å². The summed E-state index contributed by atoms with van der Waals surface area (Å²) in [6, 6.07) is -0.174. The minimum Gasteiger partial charge on any atom is -0.336 e. The van der Waals surface area contributed by atoms with Gasteiger partial charge in [-0.1, -0.05) is 0 Å². The van der Waals surface area contributed by atoms with Gasteiger partial charge in [0.1, 0.15) is 0 Å². The number of alkyl halides is 1. The van der Waals surface area contributed by atoms with Crippen molar-refractivity contribution >= 4 is 21.6 Å². The van der Waals surface area contributed by atoms with Gasteiger partial charge in [-0.25, -0.2) is 18.1 Å². The molecule has 1 atom stereocenters. The van der Waals surface area contributed by atoms with E-state index in [1.54, 1.807) is 25.6 Å². The van der Waals surface area contributed by atoms with Crippen molar-refractivity contribution in [2.45, 2.75) is 19.5 Å². The molecule has 0 radical (unpaired) electrons. The average molecular weight is 252 g/mol. The van der Waals surface area contributed by atoms with Crippen LogP contribution in [0.3, 0.4) is 0 Å². The number of halogens is 1. The monoisotopic (exact) mass is 251 g/mol. The smallest absolute Gasteiger partial charge is 0.213 e. The summed E-state index contributed by atoms with van der Waals surface area (Å²) in [5, 5.41) is 0. The number of hydrogen-bond acceptors (Lipinski definition) is 3. The zero-order valence-corrected chi connectivity index (χ0v) is 10.0. The van der Waals surface area contributed by atoms with Gasteiger partial charge in [-0.15, -0.1) is 11.6 Å². The number of nitrogens with zero attached hydrogens (tertiary/aromatic N) is 2. The maximum atomic E-state index is 11.3. The molecular weight excluding hydrogens is 238 g/mol. The van der Waals surface area contributed by atoms with Crippen LogP contribution in [0, 0.1) is 0 Å². The highest BCUT2D eigenvalue weighted by molar-refractivity contribution is 7.89. The quantitative estimate of drug-likeness (QED) is 0.746. The Balaban J connectivity index is 2.46. The summed E-state index contributed by atoms with van der Waals surface area (Å²) in [5.74, 6) is 0.0515. The molecule has 1 aromatic rings. The van der Waals surface area contributed by atoms with Crippen LogP contribution < -0.4 is 4.72 Å². The van der Waals surface area contributed by atoms with E-state index in [2.05, 4.69) is 9.71 Å². The summed E-state index contributed by atoms with van der Waals surface area (Å²) in [5.41, 5.74) is 0. The van der Waals surface area contributed by atoms with Gasteiger partial charge in [0.05, 0.1) is 12.1 Å². The molecule has 7 heteroatoms. The first-order valence-electron chi connectivity index (χ1n) is 4.55. The molecule has 0 fully saturated rings. The van der Waals surface area contributed by atoms with E-state index in [0.29, 0.717) is 6.54 Å². The van der Waals surface area contributed by atoms with Crippen LogP contribution in [-0.4, -0.2) is 35.6 Å². The Bertz CT molecular complexity index is 377. The predicted octanol–water partition coefficient (Wildman–Crippen LogP) is 0.430. The lowest BCUT2D eigenvalue weighted by atomic mass is 10.4. The van der Waals surface area contributed by atoms with E-state index >= 15 is 0 Å². The third-order valence-corrected chi connectivity index (χ3v) is 3.69. The second-order valence-corrected chi connectivity index (χ2v) is 5.54. The minimum absolute atomic E-state index is 0.0528. The maximum absolute atomic E-state index is 11.3. The van der Waals surface area contributed by atoms with Crippen molar-refractivity contribution < 1.29 is 8.42 Å². The Kier molecular flexibility index (Phi) is 4.56. The molecule has 0 spiro atoms. The van der Waals surface area contributed by atoms with Crippen molar-refractivity contribution in [3.05, 3.63) is 18.7 Å². The van der Waals surface area contributed by atoms with E-state index in [-0.39, 0.29) is 17.7 Å². The molecule has 0 aliphatic heterocycles. The van der Waals surface area contributed by atoms with Crippen molar-refractivity contribution in [3.8, 4) is 0 Å². The number of rotatable bonds is 6. The lowest BCUT2D eigenvalue weighted by molar-refractivity contribution is 0.521. The van der Waals surface area contributed by atoms with Crippen LogP contribution in [0.2, 0.25) is 0 Å². The molecule has 1 heterocycles. The maximum Gasteiger partial charge on any atom is 0.213 e. The summed E-state index contributed by atoms with van der Waals surface area (Å²) in [6.07, 6.45) is 5.08. The Labute approximate surface area is 94.5 Å². The van der Waals surface area contributed by atoms with Gasteiger partial charge in [-0.3, -0.25) is 0 Å². The van der Waals surface area contributed by atoms with Gasteiger partial charge in [0.2, 0.25) is 10.0 Å². The molecule has 15 heavy (non-hydrogen) atoms. The highest BCUT2D eigenvalue weighted by atomic mass is 35.5. The SMILES string of the molecule is CC(Cn1ccnc1)NS(=O)(=O)CCCl. The van der Waals surface area contributed by atoms with Crippen molar-refractivity contribution in [3.63, 3.8) is 0 Å². The largest absolute Gasteiger partial charge is 0.336 e. The van der Waals surface area contributed by atoms with Crippen molar-refractivity contribution in [2.24, 2.45) is 0 Å². The highest BCUT2D eigenvalue weighted by Crippen LogP contribution is 1.95. The lowest BCUT2D eigenvalue weighted by Crippen LogP contribution is -2.37. The van der Waals surface area contributed by atoms with Gasteiger partial charge >= 0.3 is 0 Å². The van der Waals surface area contributed by atoms with E-state index in [4.69, 9.17) is 11.6 Å². The molecule has 1 unspecified atom stereocenters. The summed E-state index contributed by atoms with van der Waals surface area (Å²) in [4.78, 5) is 3.87. The first kappa shape index (κ1) is 12.5. The molecule has 0 aromatic carbocycles. The van der Waals surface area contributed by atoms with Gasteiger partial charge in [0, 0.05) is 30.9 Å². The Morgan fingerprint density at radius 1 is 1.60 bits per heavy atom. The van der Waals surface area contributed by atoms with Gasteiger partial charge in [0.25, 0.3) is 0 Å². The molecule has 1 rings (SSSR count). The fourth-order valence-corrected chi connectivity index (χ4v) is 2.83. The molecule has 0 aliphatic carbocycles. The van der Waals surface area contributed by atoms with E-state index < -0.39 is 10.0 Å². The first-order valence-corrected chi connectivity index (χ1v) is 6.74. The molecule has 0 bridgehead atoms. The standard InChI is InChI=1S/C8H14ClN3O2S/c1-8(6-12-4-3-10-7-12)11-15(13,14)5-2-9/h3-4,7-8,11H,2,5-6H2,1H3.